The van der Waals surface area contributed by atoms with Gasteiger partial charge >= 0.3 is 5.91 Å². The Hall–Kier alpha value is -2.75. The van der Waals surface area contributed by atoms with Gasteiger partial charge in [0.15, 0.2) is 17.3 Å². The summed E-state index contributed by atoms with van der Waals surface area (Å²) in [6, 6.07) is 18.0. The molecule has 0 unspecified atom stereocenters. The maximum atomic E-state index is 12.3. The van der Waals surface area contributed by atoms with E-state index in [1.165, 1.54) is 6.21 Å². The normalized spacial score (nSPS) is 11.2. The number of benzene rings is 3. The van der Waals surface area contributed by atoms with E-state index in [1.807, 2.05) is 30.3 Å². The number of furan rings is 1. The first-order chi connectivity index (χ1) is 15.9. The van der Waals surface area contributed by atoms with E-state index in [1.54, 1.807) is 37.4 Å². The molecule has 1 N–H and O–H groups in total. The van der Waals surface area contributed by atoms with Crippen LogP contribution < -0.4 is 14.9 Å². The number of amides is 1. The first-order valence-electron chi connectivity index (χ1n) is 9.71. The van der Waals surface area contributed by atoms with E-state index >= 15 is 0 Å². The van der Waals surface area contributed by atoms with Crippen LogP contribution in [0.3, 0.4) is 0 Å². The van der Waals surface area contributed by atoms with Crippen molar-refractivity contribution in [1.29, 1.82) is 0 Å². The van der Waals surface area contributed by atoms with Crippen LogP contribution in [0, 0.1) is 3.57 Å². The predicted octanol–water partition coefficient (Wildman–Crippen LogP) is 6.70. The van der Waals surface area contributed by atoms with Crippen LogP contribution in [-0.2, 0) is 6.61 Å². The molecule has 0 bridgehead atoms. The van der Waals surface area contributed by atoms with Crippen LogP contribution >= 0.6 is 45.8 Å². The molecule has 0 spiro atoms. The molecule has 3 aromatic carbocycles. The zero-order valence-electron chi connectivity index (χ0n) is 17.3. The number of ether oxygens (including phenoxy) is 2. The lowest BCUT2D eigenvalue weighted by Gasteiger charge is -2.14. The van der Waals surface area contributed by atoms with Crippen LogP contribution in [0.25, 0.3) is 11.0 Å². The number of fused-ring (bicyclic) bond motifs is 1. The van der Waals surface area contributed by atoms with Crippen LogP contribution in [0.15, 0.2) is 70.2 Å². The van der Waals surface area contributed by atoms with Crippen LogP contribution in [0.1, 0.15) is 21.7 Å². The molecule has 33 heavy (non-hydrogen) atoms. The summed E-state index contributed by atoms with van der Waals surface area (Å²) in [6.07, 6.45) is 1.52. The van der Waals surface area contributed by atoms with Crippen molar-refractivity contribution in [1.82, 2.24) is 5.43 Å². The first-order valence-corrected chi connectivity index (χ1v) is 11.5. The summed E-state index contributed by atoms with van der Waals surface area (Å²) in [5, 5.41) is 5.84. The monoisotopic (exact) mass is 594 g/mol. The maximum absolute atomic E-state index is 12.3. The van der Waals surface area contributed by atoms with Gasteiger partial charge in [0, 0.05) is 5.39 Å². The molecule has 4 aromatic rings. The topological polar surface area (TPSA) is 73.1 Å². The number of rotatable bonds is 7. The highest BCUT2D eigenvalue weighted by Crippen LogP contribution is 2.34. The van der Waals surface area contributed by atoms with Crippen LogP contribution in [0.4, 0.5) is 0 Å². The molecular weight excluding hydrogens is 578 g/mol. The van der Waals surface area contributed by atoms with Crippen molar-refractivity contribution in [3.05, 3.63) is 91.2 Å². The van der Waals surface area contributed by atoms with Gasteiger partial charge in [0.2, 0.25) is 0 Å². The largest absolute Gasteiger partial charge is 0.493 e. The highest BCUT2D eigenvalue weighted by molar-refractivity contribution is 14.1. The van der Waals surface area contributed by atoms with Gasteiger partial charge in [-0.25, -0.2) is 5.43 Å². The molecule has 0 aliphatic carbocycles. The minimum atomic E-state index is -0.439. The molecule has 0 radical (unpaired) electrons. The number of para-hydroxylation sites is 1. The molecule has 168 valence electrons. The molecule has 1 amide bonds. The Morgan fingerprint density at radius 2 is 1.94 bits per heavy atom. The van der Waals surface area contributed by atoms with E-state index < -0.39 is 5.91 Å². The van der Waals surface area contributed by atoms with E-state index in [9.17, 15) is 4.79 Å². The zero-order chi connectivity index (χ0) is 23.4. The lowest BCUT2D eigenvalue weighted by atomic mass is 10.2. The number of hydrogen-bond acceptors (Lipinski definition) is 5. The Bertz CT molecular complexity index is 1320. The number of hydrogen-bond donors (Lipinski definition) is 1. The third-order valence-electron chi connectivity index (χ3n) is 4.65. The molecule has 9 heteroatoms. The van der Waals surface area contributed by atoms with Gasteiger partial charge in [0.25, 0.3) is 0 Å². The van der Waals surface area contributed by atoms with Crippen LogP contribution in [0.2, 0.25) is 10.0 Å². The van der Waals surface area contributed by atoms with Crippen LogP contribution in [0.5, 0.6) is 11.5 Å². The lowest BCUT2D eigenvalue weighted by Crippen LogP contribution is -2.16. The average molecular weight is 595 g/mol. The van der Waals surface area contributed by atoms with Crippen molar-refractivity contribution in [2.24, 2.45) is 5.10 Å². The van der Waals surface area contributed by atoms with E-state index in [0.29, 0.717) is 33.7 Å². The fourth-order valence-electron chi connectivity index (χ4n) is 3.05. The standard InChI is InChI=1S/C24H17Cl2IN2O4/c1-31-21-10-15(9-19(27)23(21)32-13-14-6-7-17(25)18(26)8-14)12-28-29-24(30)22-11-16-4-2-3-5-20(16)33-22/h2-12H,13H2,1H3,(H,29,30)/b28-12+. The summed E-state index contributed by atoms with van der Waals surface area (Å²) < 4.78 is 17.8. The number of carbonyl (C=O) groups is 1. The Balaban J connectivity index is 1.44. The number of halogens is 3. The molecule has 0 saturated carbocycles. The molecule has 0 saturated heterocycles. The molecule has 1 aromatic heterocycles. The van der Waals surface area contributed by atoms with E-state index in [2.05, 4.69) is 33.1 Å². The SMILES string of the molecule is COc1cc(/C=N/NC(=O)c2cc3ccccc3o2)cc(I)c1OCc1ccc(Cl)c(Cl)c1. The molecule has 6 nitrogen and oxygen atoms in total. The van der Waals surface area contributed by atoms with E-state index in [0.717, 1.165) is 20.1 Å². The summed E-state index contributed by atoms with van der Waals surface area (Å²) in [5.41, 5.74) is 4.72. The molecule has 4 rings (SSSR count). The highest BCUT2D eigenvalue weighted by Gasteiger charge is 2.13. The first kappa shape index (κ1) is 23.4. The molecule has 1 heterocycles. The van der Waals surface area contributed by atoms with Gasteiger partial charge in [-0.1, -0.05) is 47.5 Å². The van der Waals surface area contributed by atoms with Gasteiger partial charge < -0.3 is 13.9 Å². The van der Waals surface area contributed by atoms with Crippen molar-refractivity contribution in [2.75, 3.05) is 7.11 Å². The van der Waals surface area contributed by atoms with Gasteiger partial charge in [-0.2, -0.15) is 5.10 Å². The van der Waals surface area contributed by atoms with Gasteiger partial charge in [-0.3, -0.25) is 4.79 Å². The fourth-order valence-corrected chi connectivity index (χ4v) is 4.16. The highest BCUT2D eigenvalue weighted by atomic mass is 127. The summed E-state index contributed by atoms with van der Waals surface area (Å²) in [5.74, 6) is 0.872. The number of nitrogens with one attached hydrogen (secondary N) is 1. The van der Waals surface area contributed by atoms with Crippen LogP contribution in [-0.4, -0.2) is 19.2 Å². The second-order valence-corrected chi connectivity index (χ2v) is 8.90. The third kappa shape index (κ3) is 5.61. The Kier molecular flexibility index (Phi) is 7.42. The van der Waals surface area contributed by atoms with Crippen molar-refractivity contribution in [3.63, 3.8) is 0 Å². The minimum Gasteiger partial charge on any atom is -0.493 e. The number of nitrogens with zero attached hydrogens (tertiary/aromatic N) is 1. The summed E-state index contributed by atoms with van der Waals surface area (Å²) >= 11 is 14.2. The van der Waals surface area contributed by atoms with Gasteiger partial charge in [-0.05, 0) is 70.1 Å². The third-order valence-corrected chi connectivity index (χ3v) is 6.19. The summed E-state index contributed by atoms with van der Waals surface area (Å²) in [4.78, 5) is 12.3. The molecular formula is C24H17Cl2IN2O4. The maximum Gasteiger partial charge on any atom is 0.307 e. The number of carbonyl (C=O) groups excluding carboxylic acids is 1. The smallest absolute Gasteiger partial charge is 0.307 e. The lowest BCUT2D eigenvalue weighted by molar-refractivity contribution is 0.0929. The Labute approximate surface area is 213 Å². The zero-order valence-corrected chi connectivity index (χ0v) is 20.9. The number of hydrazone groups is 1. The molecule has 0 aliphatic heterocycles. The molecule has 0 atom stereocenters. The van der Waals surface area contributed by atoms with Gasteiger partial charge in [0.1, 0.15) is 12.2 Å². The van der Waals surface area contributed by atoms with E-state index in [4.69, 9.17) is 37.1 Å². The summed E-state index contributed by atoms with van der Waals surface area (Å²) in [6.45, 7) is 0.296. The quantitative estimate of drug-likeness (QED) is 0.147. The molecule has 0 aliphatic rings. The second-order valence-electron chi connectivity index (χ2n) is 6.92. The second kappa shape index (κ2) is 10.5. The molecule has 0 fully saturated rings. The van der Waals surface area contributed by atoms with Crippen molar-refractivity contribution < 1.29 is 18.7 Å². The Morgan fingerprint density at radius 3 is 2.70 bits per heavy atom. The van der Waals surface area contributed by atoms with Gasteiger partial charge in [-0.15, -0.1) is 0 Å². The number of methoxy groups -OCH3 is 1. The van der Waals surface area contributed by atoms with Crippen molar-refractivity contribution in [3.8, 4) is 11.5 Å². The van der Waals surface area contributed by atoms with Crippen molar-refractivity contribution in [2.45, 2.75) is 6.61 Å². The fraction of sp³-hybridized carbons (Fsp3) is 0.0833. The Morgan fingerprint density at radius 1 is 1.12 bits per heavy atom. The van der Waals surface area contributed by atoms with Crippen molar-refractivity contribution >= 4 is 68.9 Å². The summed E-state index contributed by atoms with van der Waals surface area (Å²) in [7, 11) is 1.56. The minimum absolute atomic E-state index is 0.187. The predicted molar refractivity (Wildman–Crippen MR) is 138 cm³/mol. The average Bonchev–Trinajstić information content (AvgIpc) is 3.25. The van der Waals surface area contributed by atoms with Gasteiger partial charge in [0.05, 0.1) is 26.9 Å². The van der Waals surface area contributed by atoms with E-state index in [-0.39, 0.29) is 5.76 Å².